The smallest absolute Gasteiger partial charge is 0.220 e. The van der Waals surface area contributed by atoms with Crippen molar-refractivity contribution in [3.8, 4) is 0 Å². The molecule has 0 saturated carbocycles. The fraction of sp³-hybridized carbons (Fsp3) is 0.855. The third-order valence-electron chi connectivity index (χ3n) is 17.6. The molecule has 0 spiro atoms. The van der Waals surface area contributed by atoms with E-state index in [9.17, 15) is 30.3 Å². The molecular weight excluding hydrogens is 1050 g/mol. The van der Waals surface area contributed by atoms with Crippen molar-refractivity contribution in [1.82, 2.24) is 5.32 Å². The summed E-state index contributed by atoms with van der Waals surface area (Å²) in [4.78, 5) is 13.1. The number of ether oxygens (including phenoxy) is 2. The van der Waals surface area contributed by atoms with E-state index < -0.39 is 49.5 Å². The molecule has 6 N–H and O–H groups in total. The molecule has 85 heavy (non-hydrogen) atoms. The molecule has 9 heteroatoms. The van der Waals surface area contributed by atoms with Gasteiger partial charge in [-0.3, -0.25) is 4.79 Å². The van der Waals surface area contributed by atoms with Crippen LogP contribution in [0.2, 0.25) is 0 Å². The number of carbonyl (C=O) groups excluding carboxylic acids is 1. The lowest BCUT2D eigenvalue weighted by Crippen LogP contribution is -2.60. The van der Waals surface area contributed by atoms with Crippen LogP contribution in [0.3, 0.4) is 0 Å². The van der Waals surface area contributed by atoms with Gasteiger partial charge in [-0.15, -0.1) is 0 Å². The maximum atomic E-state index is 13.1. The molecule has 0 radical (unpaired) electrons. The maximum Gasteiger partial charge on any atom is 0.220 e. The molecule has 1 fully saturated rings. The van der Waals surface area contributed by atoms with E-state index in [0.717, 1.165) is 64.2 Å². The molecule has 1 amide bonds. The normalized spacial score (nSPS) is 18.4. The molecule has 1 heterocycles. The summed E-state index contributed by atoms with van der Waals surface area (Å²) in [7, 11) is 0. The van der Waals surface area contributed by atoms with Crippen LogP contribution < -0.4 is 5.32 Å². The summed E-state index contributed by atoms with van der Waals surface area (Å²) in [5.41, 5.74) is 0. The van der Waals surface area contributed by atoms with Gasteiger partial charge >= 0.3 is 0 Å². The van der Waals surface area contributed by atoms with Crippen molar-refractivity contribution in [2.75, 3.05) is 13.2 Å². The Labute approximate surface area is 526 Å². The number of carbonyl (C=O) groups is 1. The molecule has 7 atom stereocenters. The van der Waals surface area contributed by atoms with Gasteiger partial charge in [0.05, 0.1) is 25.4 Å². The van der Waals surface area contributed by atoms with Crippen LogP contribution in [0, 0.1) is 0 Å². The van der Waals surface area contributed by atoms with Gasteiger partial charge in [0, 0.05) is 6.42 Å². The molecular formula is C76H141NO8. The number of rotatable bonds is 65. The zero-order valence-electron chi connectivity index (χ0n) is 55.9. The van der Waals surface area contributed by atoms with Crippen molar-refractivity contribution in [3.63, 3.8) is 0 Å². The second kappa shape index (κ2) is 64.9. The van der Waals surface area contributed by atoms with Crippen LogP contribution in [0.4, 0.5) is 0 Å². The Kier molecular flexibility index (Phi) is 61.7. The maximum absolute atomic E-state index is 13.1. The van der Waals surface area contributed by atoms with Gasteiger partial charge < -0.3 is 40.3 Å². The quantitative estimate of drug-likeness (QED) is 0.0261. The Bertz CT molecular complexity index is 1530. The first-order chi connectivity index (χ1) is 41.8. The minimum atomic E-state index is -1.57. The zero-order valence-corrected chi connectivity index (χ0v) is 55.9. The Balaban J connectivity index is 2.08. The molecule has 7 unspecified atom stereocenters. The molecule has 0 aromatic carbocycles. The van der Waals surface area contributed by atoms with Crippen LogP contribution >= 0.6 is 0 Å². The average Bonchev–Trinajstić information content (AvgIpc) is 3.57. The third-order valence-corrected chi connectivity index (χ3v) is 17.6. The lowest BCUT2D eigenvalue weighted by molar-refractivity contribution is -0.302. The SMILES string of the molecule is CC/C=C\C/C=C\C/C=C\C/C=C\CCCCCCCCCCCCCCCCCCCCCCCCCCC(=O)NC(COC1OC(CO)C(O)C(O)C1O)C(O)/C=C/CCCCCCCCCCCCCCCCCCCCCCCCC. The first-order valence-corrected chi connectivity index (χ1v) is 37.0. The second-order valence-electron chi connectivity index (χ2n) is 25.7. The molecule has 1 aliphatic rings. The summed E-state index contributed by atoms with van der Waals surface area (Å²) in [6.07, 6.45) is 83.4. The number of amides is 1. The van der Waals surface area contributed by atoms with E-state index in [0.29, 0.717) is 6.42 Å². The first-order valence-electron chi connectivity index (χ1n) is 37.0. The number of hydrogen-bond donors (Lipinski definition) is 6. The van der Waals surface area contributed by atoms with E-state index >= 15 is 0 Å². The number of aliphatic hydroxyl groups excluding tert-OH is 5. The molecule has 0 aromatic rings. The Morgan fingerprint density at radius 1 is 0.412 bits per heavy atom. The number of unbranched alkanes of at least 4 members (excludes halogenated alkanes) is 47. The number of nitrogens with one attached hydrogen (secondary N) is 1. The fourth-order valence-corrected chi connectivity index (χ4v) is 11.9. The highest BCUT2D eigenvalue weighted by atomic mass is 16.7. The van der Waals surface area contributed by atoms with E-state index in [-0.39, 0.29) is 12.5 Å². The molecule has 1 aliphatic heterocycles. The lowest BCUT2D eigenvalue weighted by Gasteiger charge is -2.40. The molecule has 498 valence electrons. The highest BCUT2D eigenvalue weighted by Gasteiger charge is 2.44. The summed E-state index contributed by atoms with van der Waals surface area (Å²) >= 11 is 0. The second-order valence-corrected chi connectivity index (χ2v) is 25.7. The summed E-state index contributed by atoms with van der Waals surface area (Å²) in [5.74, 6) is -0.170. The number of aliphatic hydroxyl groups is 5. The zero-order chi connectivity index (χ0) is 61.4. The van der Waals surface area contributed by atoms with Crippen molar-refractivity contribution in [3.05, 3.63) is 60.8 Å². The van der Waals surface area contributed by atoms with Gasteiger partial charge in [0.1, 0.15) is 24.4 Å². The van der Waals surface area contributed by atoms with Crippen LogP contribution in [0.25, 0.3) is 0 Å². The van der Waals surface area contributed by atoms with Gasteiger partial charge in [-0.05, 0) is 57.8 Å². The first kappa shape index (κ1) is 80.9. The number of allylic oxidation sites excluding steroid dienone is 9. The lowest BCUT2D eigenvalue weighted by atomic mass is 9.99. The summed E-state index contributed by atoms with van der Waals surface area (Å²) < 4.78 is 11.3. The van der Waals surface area contributed by atoms with Crippen LogP contribution in [-0.4, -0.2) is 87.5 Å². The Morgan fingerprint density at radius 2 is 0.729 bits per heavy atom. The van der Waals surface area contributed by atoms with Crippen molar-refractivity contribution in [1.29, 1.82) is 0 Å². The predicted molar refractivity (Wildman–Crippen MR) is 364 cm³/mol. The van der Waals surface area contributed by atoms with Gasteiger partial charge in [-0.1, -0.05) is 357 Å². The van der Waals surface area contributed by atoms with Gasteiger partial charge in [0.2, 0.25) is 5.91 Å². The van der Waals surface area contributed by atoms with Gasteiger partial charge in [0.25, 0.3) is 0 Å². The molecule has 9 nitrogen and oxygen atoms in total. The van der Waals surface area contributed by atoms with Crippen molar-refractivity contribution >= 4 is 5.91 Å². The minimum Gasteiger partial charge on any atom is -0.394 e. The van der Waals surface area contributed by atoms with E-state index in [1.54, 1.807) is 6.08 Å². The van der Waals surface area contributed by atoms with E-state index in [4.69, 9.17) is 9.47 Å². The highest BCUT2D eigenvalue weighted by molar-refractivity contribution is 5.76. The van der Waals surface area contributed by atoms with E-state index in [1.165, 1.54) is 276 Å². The summed E-state index contributed by atoms with van der Waals surface area (Å²) in [5, 5.41) is 54.8. The van der Waals surface area contributed by atoms with Crippen molar-refractivity contribution < 1.29 is 39.8 Å². The summed E-state index contributed by atoms with van der Waals surface area (Å²) in [6.45, 7) is 3.72. The van der Waals surface area contributed by atoms with Crippen molar-refractivity contribution in [2.45, 2.75) is 403 Å². The minimum absolute atomic E-state index is 0.170. The molecule has 0 aromatic heterocycles. The monoisotopic (exact) mass is 1200 g/mol. The summed E-state index contributed by atoms with van der Waals surface area (Å²) in [6, 6.07) is -0.806. The number of hydrogen-bond acceptors (Lipinski definition) is 8. The van der Waals surface area contributed by atoms with Crippen LogP contribution in [0.5, 0.6) is 0 Å². The topological polar surface area (TPSA) is 149 Å². The molecule has 0 aliphatic carbocycles. The third kappa shape index (κ3) is 53.4. The van der Waals surface area contributed by atoms with Crippen LogP contribution in [0.1, 0.15) is 361 Å². The molecule has 1 rings (SSSR count). The molecule has 0 bridgehead atoms. The Hall–Kier alpha value is -2.11. The standard InChI is InChI=1S/C76H141NO8/c1-3-5-7-9-11-13-15-17-19-21-23-25-27-29-30-31-32-33-34-35-36-37-38-39-40-42-44-46-48-50-52-54-56-58-60-62-64-66-72(80)77-69(68-84-76-75(83)74(82)73(81)71(67-78)85-76)70(79)65-63-61-59-57-55-53-51-49-47-45-43-41-28-26-24-22-20-18-16-14-12-10-8-6-4-2/h5,7,11,13,17,19,23,25,63,65,69-71,73-76,78-79,81-83H,3-4,6,8-10,12,14-16,18,20-22,24,26-62,64,66-68H2,1-2H3,(H,77,80)/b7-5-,13-11-,19-17-,25-23-,65-63+. The Morgan fingerprint density at radius 3 is 1.08 bits per heavy atom. The molecule has 1 saturated heterocycles. The van der Waals surface area contributed by atoms with Gasteiger partial charge in [0.15, 0.2) is 6.29 Å². The van der Waals surface area contributed by atoms with Crippen LogP contribution in [0.15, 0.2) is 60.8 Å². The van der Waals surface area contributed by atoms with E-state index in [2.05, 4.69) is 67.8 Å². The van der Waals surface area contributed by atoms with Crippen LogP contribution in [-0.2, 0) is 14.3 Å². The highest BCUT2D eigenvalue weighted by Crippen LogP contribution is 2.24. The fourth-order valence-electron chi connectivity index (χ4n) is 11.9. The van der Waals surface area contributed by atoms with Gasteiger partial charge in [-0.2, -0.15) is 0 Å². The largest absolute Gasteiger partial charge is 0.394 e. The van der Waals surface area contributed by atoms with Crippen molar-refractivity contribution in [2.24, 2.45) is 0 Å². The van der Waals surface area contributed by atoms with E-state index in [1.807, 2.05) is 6.08 Å². The van der Waals surface area contributed by atoms with Gasteiger partial charge in [-0.25, -0.2) is 0 Å². The average molecular weight is 1200 g/mol. The predicted octanol–water partition coefficient (Wildman–Crippen LogP) is 20.5.